The van der Waals surface area contributed by atoms with E-state index in [1.807, 2.05) is 25.1 Å². The molecule has 2 N–H and O–H groups in total. The number of thiophene rings is 1. The smallest absolute Gasteiger partial charge is 0.142 e. The van der Waals surface area contributed by atoms with Gasteiger partial charge in [-0.05, 0) is 74.9 Å². The number of nitrogens with two attached hydrogens (primary N) is 1. The summed E-state index contributed by atoms with van der Waals surface area (Å²) in [6.45, 7) is 4.54. The second-order valence-corrected chi connectivity index (χ2v) is 9.07. The summed E-state index contributed by atoms with van der Waals surface area (Å²) in [5.74, 6) is 1.16. The molecule has 3 aromatic rings. The number of hydrogen-bond donors (Lipinski definition) is 1. The van der Waals surface area contributed by atoms with Gasteiger partial charge in [-0.15, -0.1) is 11.3 Å². The number of ether oxygens (including phenoxy) is 1. The third-order valence-corrected chi connectivity index (χ3v) is 6.75. The van der Waals surface area contributed by atoms with Crippen LogP contribution in [-0.2, 0) is 19.4 Å². The van der Waals surface area contributed by atoms with Crippen molar-refractivity contribution >= 4 is 28.8 Å². The first kappa shape index (κ1) is 19.8. The van der Waals surface area contributed by atoms with Crippen LogP contribution in [-0.4, -0.2) is 4.98 Å². The molecule has 29 heavy (non-hydrogen) atoms. The molecule has 148 valence electrons. The number of pyridine rings is 1. The molecule has 2 heterocycles. The molecule has 6 heteroatoms. The summed E-state index contributed by atoms with van der Waals surface area (Å²) in [5.41, 5.74) is 12.0. The summed E-state index contributed by atoms with van der Waals surface area (Å²) in [6, 6.07) is 10.0. The predicted molar refractivity (Wildman–Crippen MR) is 119 cm³/mol. The molecule has 0 spiro atoms. The van der Waals surface area contributed by atoms with Crippen LogP contribution in [0.1, 0.15) is 45.7 Å². The van der Waals surface area contributed by atoms with E-state index in [1.54, 1.807) is 11.3 Å². The van der Waals surface area contributed by atoms with Gasteiger partial charge in [-0.1, -0.05) is 11.6 Å². The van der Waals surface area contributed by atoms with Gasteiger partial charge in [0.25, 0.3) is 0 Å². The third-order valence-electron chi connectivity index (χ3n) is 5.40. The van der Waals surface area contributed by atoms with Crippen molar-refractivity contribution in [3.8, 4) is 22.3 Å². The molecular formula is C23H22ClN3OS. The SMILES string of the molecule is Cc1cc(Cl)ccc1OCc1cc(-c2c(C#N)c(N)nc3c2CCCC3)sc1C. The Kier molecular flexibility index (Phi) is 5.49. The Bertz CT molecular complexity index is 1130. The van der Waals surface area contributed by atoms with Gasteiger partial charge in [0.1, 0.15) is 29.8 Å². The fourth-order valence-corrected chi connectivity index (χ4v) is 5.20. The molecule has 1 aliphatic carbocycles. The highest BCUT2D eigenvalue weighted by atomic mass is 35.5. The normalized spacial score (nSPS) is 13.0. The Morgan fingerprint density at radius 3 is 2.79 bits per heavy atom. The lowest BCUT2D eigenvalue weighted by atomic mass is 9.89. The number of aryl methyl sites for hydroxylation is 3. The van der Waals surface area contributed by atoms with Gasteiger partial charge in [-0.3, -0.25) is 0 Å². The molecule has 0 atom stereocenters. The molecule has 0 saturated carbocycles. The fourth-order valence-electron chi connectivity index (χ4n) is 3.86. The third kappa shape index (κ3) is 3.83. The summed E-state index contributed by atoms with van der Waals surface area (Å²) in [5, 5.41) is 10.4. The number of aromatic nitrogens is 1. The zero-order chi connectivity index (χ0) is 20.5. The molecule has 1 aromatic carbocycles. The molecule has 0 fully saturated rings. The summed E-state index contributed by atoms with van der Waals surface area (Å²) < 4.78 is 6.05. The first-order chi connectivity index (χ1) is 14.0. The van der Waals surface area contributed by atoms with Crippen molar-refractivity contribution in [1.29, 1.82) is 5.26 Å². The maximum atomic E-state index is 9.74. The van der Waals surface area contributed by atoms with Gasteiger partial charge in [0, 0.05) is 31.6 Å². The highest BCUT2D eigenvalue weighted by Crippen LogP contribution is 2.40. The molecule has 0 unspecified atom stereocenters. The topological polar surface area (TPSA) is 71.9 Å². The Hall–Kier alpha value is -2.55. The van der Waals surface area contributed by atoms with E-state index < -0.39 is 0 Å². The first-order valence-electron chi connectivity index (χ1n) is 9.68. The Morgan fingerprint density at radius 2 is 2.03 bits per heavy atom. The molecule has 0 saturated heterocycles. The monoisotopic (exact) mass is 423 g/mol. The highest BCUT2D eigenvalue weighted by Gasteiger charge is 2.23. The van der Waals surface area contributed by atoms with E-state index in [9.17, 15) is 5.26 Å². The zero-order valence-corrected chi connectivity index (χ0v) is 18.1. The number of nitrogens with zero attached hydrogens (tertiary/aromatic N) is 2. The minimum Gasteiger partial charge on any atom is -0.489 e. The van der Waals surface area contributed by atoms with Crippen LogP contribution < -0.4 is 10.5 Å². The summed E-state index contributed by atoms with van der Waals surface area (Å²) >= 11 is 7.72. The first-order valence-corrected chi connectivity index (χ1v) is 10.9. The van der Waals surface area contributed by atoms with Crippen molar-refractivity contribution in [2.75, 3.05) is 5.73 Å². The maximum absolute atomic E-state index is 9.74. The van der Waals surface area contributed by atoms with E-state index >= 15 is 0 Å². The minimum atomic E-state index is 0.337. The summed E-state index contributed by atoms with van der Waals surface area (Å²) in [4.78, 5) is 6.76. The Balaban J connectivity index is 1.70. The number of hydrogen-bond acceptors (Lipinski definition) is 5. The summed E-state index contributed by atoms with van der Waals surface area (Å²) in [6.07, 6.45) is 4.11. The fraction of sp³-hybridized carbons (Fsp3) is 0.304. The van der Waals surface area contributed by atoms with Crippen LogP contribution in [0.15, 0.2) is 24.3 Å². The molecule has 2 aromatic heterocycles. The van der Waals surface area contributed by atoms with Crippen LogP contribution in [0.25, 0.3) is 10.4 Å². The van der Waals surface area contributed by atoms with Crippen molar-refractivity contribution < 1.29 is 4.74 Å². The number of rotatable bonds is 4. The number of nitrogen functional groups attached to an aromatic ring is 1. The van der Waals surface area contributed by atoms with Crippen LogP contribution >= 0.6 is 22.9 Å². The van der Waals surface area contributed by atoms with Gasteiger partial charge >= 0.3 is 0 Å². The second kappa shape index (κ2) is 8.06. The van der Waals surface area contributed by atoms with E-state index in [2.05, 4.69) is 24.0 Å². The standard InChI is InChI=1S/C23H22ClN3OS/c1-13-9-16(24)7-8-20(13)28-12-15-10-21(29-14(15)2)22-17-5-3-4-6-19(17)27-23(26)18(22)11-25/h7-10H,3-6,12H2,1-2H3,(H2,26,27). The number of benzene rings is 1. The van der Waals surface area contributed by atoms with Crippen molar-refractivity contribution in [1.82, 2.24) is 4.98 Å². The van der Waals surface area contributed by atoms with Gasteiger partial charge in [0.15, 0.2) is 0 Å². The molecule has 0 bridgehead atoms. The lowest BCUT2D eigenvalue weighted by Crippen LogP contribution is -2.11. The van der Waals surface area contributed by atoms with Crippen molar-refractivity contribution in [2.45, 2.75) is 46.1 Å². The van der Waals surface area contributed by atoms with E-state index in [4.69, 9.17) is 22.1 Å². The van der Waals surface area contributed by atoms with Crippen molar-refractivity contribution in [3.63, 3.8) is 0 Å². The van der Waals surface area contributed by atoms with Gasteiger partial charge in [0.2, 0.25) is 0 Å². The average molecular weight is 424 g/mol. The largest absolute Gasteiger partial charge is 0.489 e. The number of nitriles is 1. The molecule has 4 nitrogen and oxygen atoms in total. The van der Waals surface area contributed by atoms with Gasteiger partial charge < -0.3 is 10.5 Å². The Morgan fingerprint density at radius 1 is 1.24 bits per heavy atom. The quantitative estimate of drug-likeness (QED) is 0.559. The number of halogens is 1. The second-order valence-electron chi connectivity index (χ2n) is 7.38. The van der Waals surface area contributed by atoms with E-state index in [0.29, 0.717) is 23.0 Å². The maximum Gasteiger partial charge on any atom is 0.142 e. The van der Waals surface area contributed by atoms with Gasteiger partial charge in [-0.2, -0.15) is 5.26 Å². The summed E-state index contributed by atoms with van der Waals surface area (Å²) in [7, 11) is 0. The highest BCUT2D eigenvalue weighted by molar-refractivity contribution is 7.15. The van der Waals surface area contributed by atoms with Crippen LogP contribution in [0.5, 0.6) is 5.75 Å². The molecular weight excluding hydrogens is 402 g/mol. The Labute approximate surface area is 179 Å². The van der Waals surface area contributed by atoms with Crippen molar-refractivity contribution in [3.05, 3.63) is 62.1 Å². The molecule has 1 aliphatic rings. The number of fused-ring (bicyclic) bond motifs is 1. The van der Waals surface area contributed by atoms with Crippen LogP contribution in [0.2, 0.25) is 5.02 Å². The van der Waals surface area contributed by atoms with Gasteiger partial charge in [-0.25, -0.2) is 4.98 Å². The van der Waals surface area contributed by atoms with E-state index in [-0.39, 0.29) is 0 Å². The van der Waals surface area contributed by atoms with E-state index in [0.717, 1.165) is 58.7 Å². The van der Waals surface area contributed by atoms with Crippen molar-refractivity contribution in [2.24, 2.45) is 0 Å². The zero-order valence-electron chi connectivity index (χ0n) is 16.5. The lowest BCUT2D eigenvalue weighted by Gasteiger charge is -2.20. The number of anilines is 1. The molecule has 0 aliphatic heterocycles. The lowest BCUT2D eigenvalue weighted by molar-refractivity contribution is 0.304. The molecule has 0 amide bonds. The van der Waals surface area contributed by atoms with E-state index in [1.165, 1.54) is 10.4 Å². The van der Waals surface area contributed by atoms with Crippen LogP contribution in [0.4, 0.5) is 5.82 Å². The van der Waals surface area contributed by atoms with Gasteiger partial charge in [0.05, 0.1) is 0 Å². The van der Waals surface area contributed by atoms with Crippen LogP contribution in [0.3, 0.4) is 0 Å². The van der Waals surface area contributed by atoms with Crippen LogP contribution in [0, 0.1) is 25.2 Å². The predicted octanol–water partition coefficient (Wildman–Crippen LogP) is 5.99. The molecule has 4 rings (SSSR count). The molecule has 0 radical (unpaired) electrons. The minimum absolute atomic E-state index is 0.337. The average Bonchev–Trinajstić information content (AvgIpc) is 3.06.